The molecule has 1 aliphatic rings. The first-order chi connectivity index (χ1) is 12.4. The monoisotopic (exact) mass is 351 g/mol. The van der Waals surface area contributed by atoms with Crippen molar-refractivity contribution in [3.63, 3.8) is 0 Å². The third-order valence-electron chi connectivity index (χ3n) is 5.26. The first-order valence-electron chi connectivity index (χ1n) is 9.08. The van der Waals surface area contributed by atoms with Gasteiger partial charge in [-0.2, -0.15) is 0 Å². The number of hydrogen-bond donors (Lipinski definition) is 0. The molecule has 1 amide bonds. The lowest BCUT2D eigenvalue weighted by Gasteiger charge is -2.23. The molecule has 0 unspecified atom stereocenters. The van der Waals surface area contributed by atoms with Crippen molar-refractivity contribution >= 4 is 17.6 Å². The lowest BCUT2D eigenvalue weighted by Crippen LogP contribution is -2.27. The second kappa shape index (κ2) is 7.32. The van der Waals surface area contributed by atoms with E-state index in [-0.39, 0.29) is 23.7 Å². The number of benzene rings is 2. The van der Waals surface area contributed by atoms with E-state index in [4.69, 9.17) is 4.74 Å². The highest BCUT2D eigenvalue weighted by atomic mass is 16.5. The van der Waals surface area contributed by atoms with Crippen LogP contribution in [0.25, 0.3) is 0 Å². The summed E-state index contributed by atoms with van der Waals surface area (Å²) in [5.74, 6) is -0.303. The third kappa shape index (κ3) is 3.79. The summed E-state index contributed by atoms with van der Waals surface area (Å²) in [5.41, 5.74) is 2.13. The molecule has 1 aliphatic heterocycles. The molecule has 0 aliphatic carbocycles. The zero-order valence-corrected chi connectivity index (χ0v) is 15.6. The fourth-order valence-electron chi connectivity index (χ4n) is 3.10. The molecule has 0 bridgehead atoms. The SMILES string of the molecule is CCC(C)(C)c1ccc(OC(=O)[C@H]2CC(=O)N(c3ccccc3)C2)cc1. The Morgan fingerprint density at radius 2 is 1.77 bits per heavy atom. The molecule has 1 fully saturated rings. The summed E-state index contributed by atoms with van der Waals surface area (Å²) in [6.45, 7) is 6.90. The van der Waals surface area contributed by atoms with Crippen molar-refractivity contribution in [3.05, 3.63) is 60.2 Å². The van der Waals surface area contributed by atoms with E-state index in [1.165, 1.54) is 5.56 Å². The van der Waals surface area contributed by atoms with E-state index in [0.717, 1.165) is 12.1 Å². The van der Waals surface area contributed by atoms with Crippen LogP contribution < -0.4 is 9.64 Å². The highest BCUT2D eigenvalue weighted by molar-refractivity contribution is 5.99. The van der Waals surface area contributed by atoms with Crippen molar-refractivity contribution in [3.8, 4) is 5.75 Å². The van der Waals surface area contributed by atoms with Gasteiger partial charge in [0.25, 0.3) is 0 Å². The molecule has 0 aromatic heterocycles. The van der Waals surface area contributed by atoms with Gasteiger partial charge in [-0.15, -0.1) is 0 Å². The molecule has 0 N–H and O–H groups in total. The number of anilines is 1. The molecule has 136 valence electrons. The van der Waals surface area contributed by atoms with E-state index in [1.807, 2.05) is 54.6 Å². The average molecular weight is 351 g/mol. The van der Waals surface area contributed by atoms with Gasteiger partial charge < -0.3 is 9.64 Å². The topological polar surface area (TPSA) is 46.6 Å². The number of ether oxygens (including phenoxy) is 1. The van der Waals surface area contributed by atoms with Crippen LogP contribution in [0.5, 0.6) is 5.75 Å². The smallest absolute Gasteiger partial charge is 0.316 e. The lowest BCUT2D eigenvalue weighted by atomic mass is 9.82. The number of nitrogens with zero attached hydrogens (tertiary/aromatic N) is 1. The maximum Gasteiger partial charge on any atom is 0.316 e. The molecule has 2 aromatic carbocycles. The highest BCUT2D eigenvalue weighted by Gasteiger charge is 2.36. The van der Waals surface area contributed by atoms with Crippen LogP contribution in [-0.4, -0.2) is 18.4 Å². The standard InChI is InChI=1S/C22H25NO3/c1-4-22(2,3)17-10-12-19(13-11-17)26-21(25)16-14-20(24)23(15-16)18-8-6-5-7-9-18/h5-13,16H,4,14-15H2,1-3H3/t16-/m0/s1. The van der Waals surface area contributed by atoms with Crippen LogP contribution in [0, 0.1) is 5.92 Å². The number of carbonyl (C=O) groups excluding carboxylic acids is 2. The van der Waals surface area contributed by atoms with Crippen LogP contribution in [0.2, 0.25) is 0 Å². The van der Waals surface area contributed by atoms with Gasteiger partial charge in [0, 0.05) is 18.7 Å². The van der Waals surface area contributed by atoms with Crippen molar-refractivity contribution in [2.24, 2.45) is 5.92 Å². The molecule has 4 heteroatoms. The average Bonchev–Trinajstić information content (AvgIpc) is 3.05. The van der Waals surface area contributed by atoms with E-state index in [1.54, 1.807) is 4.90 Å². The molecule has 26 heavy (non-hydrogen) atoms. The summed E-state index contributed by atoms with van der Waals surface area (Å²) in [4.78, 5) is 26.4. The molecule has 2 aromatic rings. The molecule has 1 heterocycles. The maximum absolute atomic E-state index is 12.5. The molecule has 0 radical (unpaired) electrons. The minimum Gasteiger partial charge on any atom is -0.426 e. The van der Waals surface area contributed by atoms with E-state index in [2.05, 4.69) is 20.8 Å². The quantitative estimate of drug-likeness (QED) is 0.595. The van der Waals surface area contributed by atoms with Crippen molar-refractivity contribution in [1.29, 1.82) is 0 Å². The summed E-state index contributed by atoms with van der Waals surface area (Å²) in [6.07, 6.45) is 1.22. The fraction of sp³-hybridized carbons (Fsp3) is 0.364. The van der Waals surface area contributed by atoms with Crippen molar-refractivity contribution in [2.75, 3.05) is 11.4 Å². The number of carbonyl (C=O) groups is 2. The molecular formula is C22H25NO3. The minimum atomic E-state index is -0.436. The number of hydrogen-bond acceptors (Lipinski definition) is 3. The second-order valence-electron chi connectivity index (χ2n) is 7.42. The van der Waals surface area contributed by atoms with Crippen LogP contribution >= 0.6 is 0 Å². The molecule has 4 nitrogen and oxygen atoms in total. The van der Waals surface area contributed by atoms with Crippen LogP contribution in [0.3, 0.4) is 0 Å². The van der Waals surface area contributed by atoms with Gasteiger partial charge in [0.2, 0.25) is 5.91 Å². The largest absolute Gasteiger partial charge is 0.426 e. The first kappa shape index (κ1) is 18.2. The fourth-order valence-corrected chi connectivity index (χ4v) is 3.10. The Morgan fingerprint density at radius 1 is 1.12 bits per heavy atom. The summed E-state index contributed by atoms with van der Waals surface area (Å²) >= 11 is 0. The summed E-state index contributed by atoms with van der Waals surface area (Å²) in [6, 6.07) is 17.1. The Bertz CT molecular complexity index is 781. The first-order valence-corrected chi connectivity index (χ1v) is 9.08. The minimum absolute atomic E-state index is 0.0433. The third-order valence-corrected chi connectivity index (χ3v) is 5.26. The zero-order chi connectivity index (χ0) is 18.7. The van der Waals surface area contributed by atoms with E-state index < -0.39 is 5.92 Å². The molecule has 0 spiro atoms. The predicted molar refractivity (Wildman–Crippen MR) is 102 cm³/mol. The Balaban J connectivity index is 1.65. The summed E-state index contributed by atoms with van der Waals surface area (Å²) in [7, 11) is 0. The van der Waals surface area contributed by atoms with Gasteiger partial charge in [-0.3, -0.25) is 9.59 Å². The van der Waals surface area contributed by atoms with Gasteiger partial charge in [-0.25, -0.2) is 0 Å². The number of rotatable bonds is 5. The van der Waals surface area contributed by atoms with E-state index in [9.17, 15) is 9.59 Å². The Morgan fingerprint density at radius 3 is 2.38 bits per heavy atom. The van der Waals surface area contributed by atoms with Gasteiger partial charge in [-0.05, 0) is 41.7 Å². The molecule has 3 rings (SSSR count). The van der Waals surface area contributed by atoms with Crippen LogP contribution in [0.15, 0.2) is 54.6 Å². The molecule has 0 saturated carbocycles. The van der Waals surface area contributed by atoms with Crippen LogP contribution in [0.1, 0.15) is 39.2 Å². The zero-order valence-electron chi connectivity index (χ0n) is 15.6. The Labute approximate surface area is 154 Å². The van der Waals surface area contributed by atoms with Gasteiger partial charge >= 0.3 is 5.97 Å². The molecule has 1 atom stereocenters. The Kier molecular flexibility index (Phi) is 5.12. The van der Waals surface area contributed by atoms with Gasteiger partial charge in [-0.1, -0.05) is 51.1 Å². The van der Waals surface area contributed by atoms with Crippen molar-refractivity contribution < 1.29 is 14.3 Å². The van der Waals surface area contributed by atoms with E-state index >= 15 is 0 Å². The van der Waals surface area contributed by atoms with Crippen molar-refractivity contribution in [2.45, 2.75) is 39.0 Å². The summed E-state index contributed by atoms with van der Waals surface area (Å²) < 4.78 is 5.51. The molecule has 1 saturated heterocycles. The summed E-state index contributed by atoms with van der Waals surface area (Å²) in [5, 5.41) is 0. The Hall–Kier alpha value is -2.62. The van der Waals surface area contributed by atoms with E-state index in [0.29, 0.717) is 12.3 Å². The van der Waals surface area contributed by atoms with Gasteiger partial charge in [0.15, 0.2) is 0 Å². The number of para-hydroxylation sites is 1. The number of esters is 1. The van der Waals surface area contributed by atoms with Crippen molar-refractivity contribution in [1.82, 2.24) is 0 Å². The normalized spacial score (nSPS) is 17.4. The highest BCUT2D eigenvalue weighted by Crippen LogP contribution is 2.29. The predicted octanol–water partition coefficient (Wildman–Crippen LogP) is 4.33. The molecular weight excluding hydrogens is 326 g/mol. The second-order valence-corrected chi connectivity index (χ2v) is 7.42. The lowest BCUT2D eigenvalue weighted by molar-refractivity contribution is -0.139. The van der Waals surface area contributed by atoms with Gasteiger partial charge in [0.05, 0.1) is 5.92 Å². The number of amides is 1. The van der Waals surface area contributed by atoms with Crippen LogP contribution in [0.4, 0.5) is 5.69 Å². The maximum atomic E-state index is 12.5. The van der Waals surface area contributed by atoms with Gasteiger partial charge in [0.1, 0.15) is 5.75 Å². The van der Waals surface area contributed by atoms with Crippen LogP contribution in [-0.2, 0) is 15.0 Å².